The first kappa shape index (κ1) is 20.5. The number of amides is 1. The first-order chi connectivity index (χ1) is 12.6. The van der Waals surface area contributed by atoms with Gasteiger partial charge in [-0.3, -0.25) is 4.79 Å². The van der Waals surface area contributed by atoms with Gasteiger partial charge in [0.25, 0.3) is 5.91 Å². The summed E-state index contributed by atoms with van der Waals surface area (Å²) in [6.45, 7) is 8.70. The molecule has 1 aromatic heterocycles. The number of carbonyl (C=O) groups is 2. The van der Waals surface area contributed by atoms with Gasteiger partial charge in [-0.15, -0.1) is 0 Å². The van der Waals surface area contributed by atoms with Gasteiger partial charge in [-0.25, -0.2) is 9.59 Å². The molecule has 0 spiro atoms. The zero-order valence-corrected chi connectivity index (χ0v) is 16.2. The number of nitrogens with one attached hydrogen (secondary N) is 1. The molecule has 7 nitrogen and oxygen atoms in total. The highest BCUT2D eigenvalue weighted by molar-refractivity contribution is 5.87. The largest absolute Gasteiger partial charge is 0.481 e. The van der Waals surface area contributed by atoms with E-state index in [1.807, 2.05) is 13.8 Å². The molecule has 0 aliphatic heterocycles. The standard InChI is InChI=1S/C20H25NO6/c1-6-10(2)17(19(23)24)21-18(22)13(5)26-14-7-8-15-11(3)12(4)20(25)27-16(15)9-14/h7-10,13,17H,6H2,1-5H3,(H,21,22)(H,23,24). The molecule has 146 valence electrons. The third kappa shape index (κ3) is 4.48. The van der Waals surface area contributed by atoms with Crippen molar-refractivity contribution in [2.24, 2.45) is 5.92 Å². The molecule has 0 saturated heterocycles. The maximum absolute atomic E-state index is 12.3. The number of hydrogen-bond donors (Lipinski definition) is 2. The monoisotopic (exact) mass is 375 g/mol. The van der Waals surface area contributed by atoms with Crippen LogP contribution in [0.15, 0.2) is 27.4 Å². The maximum Gasteiger partial charge on any atom is 0.339 e. The summed E-state index contributed by atoms with van der Waals surface area (Å²) < 4.78 is 10.9. The number of carbonyl (C=O) groups excluding carboxylic acids is 1. The van der Waals surface area contributed by atoms with Crippen LogP contribution in [0.5, 0.6) is 5.75 Å². The van der Waals surface area contributed by atoms with Crippen LogP contribution in [-0.4, -0.2) is 29.1 Å². The summed E-state index contributed by atoms with van der Waals surface area (Å²) in [7, 11) is 0. The van der Waals surface area contributed by atoms with Gasteiger partial charge in [0.15, 0.2) is 6.10 Å². The van der Waals surface area contributed by atoms with Crippen LogP contribution >= 0.6 is 0 Å². The summed E-state index contributed by atoms with van der Waals surface area (Å²) in [6, 6.07) is 4.02. The molecule has 0 aliphatic rings. The molecule has 3 atom stereocenters. The number of benzene rings is 1. The average molecular weight is 375 g/mol. The highest BCUT2D eigenvalue weighted by Crippen LogP contribution is 2.24. The van der Waals surface area contributed by atoms with Crippen LogP contribution in [0.1, 0.15) is 38.3 Å². The molecule has 1 heterocycles. The van der Waals surface area contributed by atoms with E-state index in [4.69, 9.17) is 9.15 Å². The minimum Gasteiger partial charge on any atom is -0.481 e. The van der Waals surface area contributed by atoms with Crippen LogP contribution < -0.4 is 15.7 Å². The van der Waals surface area contributed by atoms with Crippen LogP contribution in [0.25, 0.3) is 11.0 Å². The predicted molar refractivity (Wildman–Crippen MR) is 101 cm³/mol. The van der Waals surface area contributed by atoms with E-state index >= 15 is 0 Å². The van der Waals surface area contributed by atoms with Crippen LogP contribution in [0.2, 0.25) is 0 Å². The second kappa shape index (κ2) is 8.24. The maximum atomic E-state index is 12.3. The lowest BCUT2D eigenvalue weighted by Crippen LogP contribution is -2.49. The van der Waals surface area contributed by atoms with E-state index in [0.29, 0.717) is 23.3 Å². The highest BCUT2D eigenvalue weighted by atomic mass is 16.5. The lowest BCUT2D eigenvalue weighted by Gasteiger charge is -2.22. The van der Waals surface area contributed by atoms with Gasteiger partial charge in [-0.05, 0) is 44.4 Å². The number of carboxylic acid groups (broad SMARTS) is 1. The number of aryl methyl sites for hydroxylation is 1. The van der Waals surface area contributed by atoms with Crippen LogP contribution in [-0.2, 0) is 9.59 Å². The Morgan fingerprint density at radius 1 is 1.22 bits per heavy atom. The van der Waals surface area contributed by atoms with Crippen molar-refractivity contribution in [1.82, 2.24) is 5.32 Å². The Morgan fingerprint density at radius 2 is 1.89 bits per heavy atom. The van der Waals surface area contributed by atoms with Crippen molar-refractivity contribution in [2.45, 2.75) is 53.2 Å². The minimum atomic E-state index is -1.08. The fraction of sp³-hybridized carbons (Fsp3) is 0.450. The van der Waals surface area contributed by atoms with Crippen molar-refractivity contribution >= 4 is 22.8 Å². The number of rotatable bonds is 7. The Morgan fingerprint density at radius 3 is 2.48 bits per heavy atom. The normalized spacial score (nSPS) is 14.4. The molecule has 0 bridgehead atoms. The quantitative estimate of drug-likeness (QED) is 0.721. The third-order valence-corrected chi connectivity index (χ3v) is 4.89. The molecule has 0 saturated carbocycles. The molecule has 1 amide bonds. The molecule has 7 heteroatoms. The average Bonchev–Trinajstić information content (AvgIpc) is 2.62. The minimum absolute atomic E-state index is 0.209. The highest BCUT2D eigenvalue weighted by Gasteiger charge is 2.28. The Balaban J connectivity index is 2.18. The number of aliphatic carboxylic acids is 1. The van der Waals surface area contributed by atoms with E-state index in [-0.39, 0.29) is 5.92 Å². The molecule has 0 aliphatic carbocycles. The van der Waals surface area contributed by atoms with Gasteiger partial charge in [0.1, 0.15) is 17.4 Å². The summed E-state index contributed by atoms with van der Waals surface area (Å²) in [5.41, 5.74) is 1.34. The molecule has 2 rings (SSSR count). The second-order valence-electron chi connectivity index (χ2n) is 6.77. The fourth-order valence-corrected chi connectivity index (χ4v) is 2.71. The van der Waals surface area contributed by atoms with Gasteiger partial charge in [-0.1, -0.05) is 20.3 Å². The summed E-state index contributed by atoms with van der Waals surface area (Å²) in [6.07, 6.45) is -0.291. The van der Waals surface area contributed by atoms with E-state index in [0.717, 1.165) is 10.9 Å². The third-order valence-electron chi connectivity index (χ3n) is 4.89. The van der Waals surface area contributed by atoms with Crippen molar-refractivity contribution in [3.05, 3.63) is 39.7 Å². The Bertz CT molecular complexity index is 917. The predicted octanol–water partition coefficient (Wildman–Crippen LogP) is 2.79. The number of fused-ring (bicyclic) bond motifs is 1. The number of ether oxygens (including phenoxy) is 1. The Kier molecular flexibility index (Phi) is 6.25. The fourth-order valence-electron chi connectivity index (χ4n) is 2.71. The molecular weight excluding hydrogens is 350 g/mol. The molecule has 3 unspecified atom stereocenters. The second-order valence-corrected chi connectivity index (χ2v) is 6.77. The molecule has 0 fully saturated rings. The Labute approximate surface area is 157 Å². The molecule has 2 N–H and O–H groups in total. The molecular formula is C20H25NO6. The van der Waals surface area contributed by atoms with Crippen molar-refractivity contribution in [3.63, 3.8) is 0 Å². The molecule has 27 heavy (non-hydrogen) atoms. The summed E-state index contributed by atoms with van der Waals surface area (Å²) in [5.74, 6) is -1.46. The van der Waals surface area contributed by atoms with Crippen LogP contribution in [0, 0.1) is 19.8 Å². The van der Waals surface area contributed by atoms with Gasteiger partial charge in [0, 0.05) is 17.0 Å². The van der Waals surface area contributed by atoms with E-state index in [1.54, 1.807) is 32.0 Å². The van der Waals surface area contributed by atoms with Crippen LogP contribution in [0.3, 0.4) is 0 Å². The van der Waals surface area contributed by atoms with Crippen molar-refractivity contribution < 1.29 is 23.8 Å². The summed E-state index contributed by atoms with van der Waals surface area (Å²) in [4.78, 5) is 35.5. The lowest BCUT2D eigenvalue weighted by molar-refractivity contribution is -0.144. The van der Waals surface area contributed by atoms with Gasteiger partial charge >= 0.3 is 11.6 Å². The first-order valence-corrected chi connectivity index (χ1v) is 8.89. The SMILES string of the molecule is CCC(C)C(NC(=O)C(C)Oc1ccc2c(C)c(C)c(=O)oc2c1)C(=O)O. The van der Waals surface area contributed by atoms with Gasteiger partial charge in [0.05, 0.1) is 0 Å². The van der Waals surface area contributed by atoms with Crippen molar-refractivity contribution in [2.75, 3.05) is 0 Å². The summed E-state index contributed by atoms with van der Waals surface area (Å²) >= 11 is 0. The van der Waals surface area contributed by atoms with Gasteiger partial charge in [-0.2, -0.15) is 0 Å². The molecule has 2 aromatic rings. The van der Waals surface area contributed by atoms with Crippen molar-refractivity contribution in [1.29, 1.82) is 0 Å². The van der Waals surface area contributed by atoms with E-state index in [2.05, 4.69) is 5.32 Å². The van der Waals surface area contributed by atoms with E-state index < -0.39 is 29.6 Å². The van der Waals surface area contributed by atoms with Gasteiger partial charge in [0.2, 0.25) is 0 Å². The Hall–Kier alpha value is -2.83. The van der Waals surface area contributed by atoms with Gasteiger partial charge < -0.3 is 19.6 Å². The smallest absolute Gasteiger partial charge is 0.339 e. The van der Waals surface area contributed by atoms with Crippen molar-refractivity contribution in [3.8, 4) is 5.75 Å². The molecule has 1 aromatic carbocycles. The van der Waals surface area contributed by atoms with Crippen LogP contribution in [0.4, 0.5) is 0 Å². The number of carboxylic acids is 1. The lowest BCUT2D eigenvalue weighted by atomic mass is 9.99. The van der Waals surface area contributed by atoms with E-state index in [9.17, 15) is 19.5 Å². The zero-order chi connectivity index (χ0) is 20.3. The van der Waals surface area contributed by atoms with E-state index in [1.165, 1.54) is 6.92 Å². The first-order valence-electron chi connectivity index (χ1n) is 8.89. The number of hydrogen-bond acceptors (Lipinski definition) is 5. The molecule has 0 radical (unpaired) electrons. The topological polar surface area (TPSA) is 106 Å². The summed E-state index contributed by atoms with van der Waals surface area (Å²) in [5, 5.41) is 12.6. The zero-order valence-electron chi connectivity index (χ0n) is 16.2.